The molecule has 0 heterocycles. The molecule has 74 valence electrons. The number of hydrogen-bond donors (Lipinski definition) is 0. The van der Waals surface area contributed by atoms with E-state index in [1.54, 1.807) is 0 Å². The zero-order chi connectivity index (χ0) is 8.81. The van der Waals surface area contributed by atoms with Crippen LogP contribution in [0, 0.1) is 11.8 Å². The van der Waals surface area contributed by atoms with Gasteiger partial charge in [-0.15, -0.1) is 0 Å². The third kappa shape index (κ3) is 3.95. The first-order valence-corrected chi connectivity index (χ1v) is 4.42. The van der Waals surface area contributed by atoms with Crippen LogP contribution in [0.3, 0.4) is 0 Å². The lowest BCUT2D eigenvalue weighted by Crippen LogP contribution is -1.82. The molecule has 0 amide bonds. The summed E-state index contributed by atoms with van der Waals surface area (Å²) in [5.41, 5.74) is 0. The fourth-order valence-corrected chi connectivity index (χ4v) is 1.78. The minimum Gasteiger partial charge on any atom is -0.474 e. The van der Waals surface area contributed by atoms with Crippen molar-refractivity contribution in [2.45, 2.75) is 19.3 Å². The molecule has 2 nitrogen and oxygen atoms in total. The normalized spacial score (nSPS) is 26.8. The van der Waals surface area contributed by atoms with E-state index >= 15 is 0 Å². The van der Waals surface area contributed by atoms with Crippen LogP contribution in [-0.2, 0) is 4.74 Å². The summed E-state index contributed by atoms with van der Waals surface area (Å²) in [6.07, 6.45) is 11.8. The third-order valence-corrected chi connectivity index (χ3v) is 2.36. The summed E-state index contributed by atoms with van der Waals surface area (Å²) in [7, 11) is 0. The van der Waals surface area contributed by atoms with Gasteiger partial charge in [-0.2, -0.15) is 0 Å². The molecule has 13 heavy (non-hydrogen) atoms. The van der Waals surface area contributed by atoms with E-state index in [-0.39, 0.29) is 5.48 Å². The Morgan fingerprint density at radius 2 is 1.54 bits per heavy atom. The molecule has 0 radical (unpaired) electrons. The number of ether oxygens (including phenoxy) is 1. The molecule has 2 unspecified atom stereocenters. The van der Waals surface area contributed by atoms with Gasteiger partial charge < -0.3 is 10.2 Å². The van der Waals surface area contributed by atoms with Crippen LogP contribution in [0.25, 0.3) is 0 Å². The van der Waals surface area contributed by atoms with Crippen molar-refractivity contribution in [3.63, 3.8) is 0 Å². The van der Waals surface area contributed by atoms with Crippen molar-refractivity contribution >= 4 is 0 Å². The lowest BCUT2D eigenvalue weighted by atomic mass is 10.1. The van der Waals surface area contributed by atoms with Crippen LogP contribution in [0.5, 0.6) is 0 Å². The molecule has 2 aliphatic carbocycles. The minimum atomic E-state index is 0. The predicted molar refractivity (Wildman–Crippen MR) is 55.1 cm³/mol. The first-order valence-electron chi connectivity index (χ1n) is 4.42. The average molecular weight is 182 g/mol. The van der Waals surface area contributed by atoms with Gasteiger partial charge in [-0.25, -0.2) is 0 Å². The lowest BCUT2D eigenvalue weighted by molar-refractivity contribution is 0.406. The summed E-state index contributed by atoms with van der Waals surface area (Å²) in [4.78, 5) is 0. The van der Waals surface area contributed by atoms with E-state index in [9.17, 15) is 0 Å². The van der Waals surface area contributed by atoms with Crippen molar-refractivity contribution < 1.29 is 10.2 Å². The average Bonchev–Trinajstić information content (AvgIpc) is 2.69. The summed E-state index contributed by atoms with van der Waals surface area (Å²) >= 11 is 0. The van der Waals surface area contributed by atoms with Gasteiger partial charge in [-0.1, -0.05) is 25.3 Å². The molecular weight excluding hydrogens is 164 g/mol. The summed E-state index contributed by atoms with van der Waals surface area (Å²) < 4.78 is 4.36. The molecule has 0 aromatic rings. The number of fused-ring (bicyclic) bond motifs is 2. The molecule has 1 fully saturated rings. The second-order valence-corrected chi connectivity index (χ2v) is 3.19. The summed E-state index contributed by atoms with van der Waals surface area (Å²) in [5.74, 6) is 1.98. The Labute approximate surface area is 79.9 Å². The molecule has 0 spiro atoms. The van der Waals surface area contributed by atoms with Crippen LogP contribution in [0.1, 0.15) is 19.3 Å². The van der Waals surface area contributed by atoms with E-state index in [2.05, 4.69) is 30.0 Å². The van der Waals surface area contributed by atoms with Crippen LogP contribution < -0.4 is 0 Å². The van der Waals surface area contributed by atoms with Gasteiger partial charge in [-0.3, -0.25) is 0 Å². The van der Waals surface area contributed by atoms with E-state index in [1.165, 1.54) is 31.8 Å². The molecule has 1 saturated carbocycles. The van der Waals surface area contributed by atoms with E-state index < -0.39 is 0 Å². The maximum Gasteiger partial charge on any atom is 0.0829 e. The fraction of sp³-hybridized carbons (Fsp3) is 0.455. The molecule has 2 atom stereocenters. The summed E-state index contributed by atoms with van der Waals surface area (Å²) in [5, 5.41) is 0. The van der Waals surface area contributed by atoms with Gasteiger partial charge in [0.25, 0.3) is 0 Å². The molecule has 0 saturated heterocycles. The fourth-order valence-electron chi connectivity index (χ4n) is 1.78. The van der Waals surface area contributed by atoms with Crippen LogP contribution in [0.4, 0.5) is 0 Å². The maximum absolute atomic E-state index is 4.36. The SMILES string of the molecule is C1=CC2CCC1C2.C=COC=C.O. The minimum absolute atomic E-state index is 0. The number of rotatable bonds is 2. The standard InChI is InChI=1S/C7H10.C4H6O.H2O/c1-2-7-4-3-6(1)5-7;1-3-5-4-2;/h1-2,6-7H,3-5H2;3-4H,1-2H2;1H2. The second-order valence-electron chi connectivity index (χ2n) is 3.19. The molecule has 2 bridgehead atoms. The van der Waals surface area contributed by atoms with Gasteiger partial charge in [-0.05, 0) is 31.1 Å². The number of allylic oxidation sites excluding steroid dienone is 2. The molecule has 2 aliphatic rings. The van der Waals surface area contributed by atoms with Gasteiger partial charge >= 0.3 is 0 Å². The highest BCUT2D eigenvalue weighted by atomic mass is 16.5. The van der Waals surface area contributed by atoms with Crippen molar-refractivity contribution in [2.75, 3.05) is 0 Å². The Bertz CT molecular complexity index is 167. The van der Waals surface area contributed by atoms with Gasteiger partial charge in [0.15, 0.2) is 0 Å². The van der Waals surface area contributed by atoms with E-state index in [0.29, 0.717) is 0 Å². The van der Waals surface area contributed by atoms with Crippen molar-refractivity contribution in [1.29, 1.82) is 0 Å². The van der Waals surface area contributed by atoms with Gasteiger partial charge in [0.2, 0.25) is 0 Å². The molecule has 2 N–H and O–H groups in total. The van der Waals surface area contributed by atoms with Gasteiger partial charge in [0.05, 0.1) is 12.5 Å². The van der Waals surface area contributed by atoms with Crippen LogP contribution in [0.2, 0.25) is 0 Å². The monoisotopic (exact) mass is 182 g/mol. The maximum atomic E-state index is 4.36. The van der Waals surface area contributed by atoms with E-state index in [1.807, 2.05) is 0 Å². The Morgan fingerprint density at radius 1 is 1.08 bits per heavy atom. The Balaban J connectivity index is 0.000000220. The molecule has 2 heteroatoms. The second kappa shape index (κ2) is 6.49. The first kappa shape index (κ1) is 12.0. The van der Waals surface area contributed by atoms with Crippen LogP contribution in [-0.4, -0.2) is 5.48 Å². The smallest absolute Gasteiger partial charge is 0.0829 e. The highest BCUT2D eigenvalue weighted by Gasteiger charge is 2.25. The zero-order valence-corrected chi connectivity index (χ0v) is 7.91. The number of hydrogen-bond acceptors (Lipinski definition) is 1. The molecule has 0 aromatic heterocycles. The lowest BCUT2D eigenvalue weighted by Gasteiger charge is -1.96. The zero-order valence-electron chi connectivity index (χ0n) is 7.91. The Hall–Kier alpha value is -1.02. The van der Waals surface area contributed by atoms with Crippen molar-refractivity contribution in [3.8, 4) is 0 Å². The summed E-state index contributed by atoms with van der Waals surface area (Å²) in [6.45, 7) is 6.51. The first-order chi connectivity index (χ1) is 5.86. The van der Waals surface area contributed by atoms with E-state index in [4.69, 9.17) is 0 Å². The third-order valence-electron chi connectivity index (χ3n) is 2.36. The quantitative estimate of drug-likeness (QED) is 0.477. The largest absolute Gasteiger partial charge is 0.474 e. The van der Waals surface area contributed by atoms with Crippen LogP contribution in [0.15, 0.2) is 37.8 Å². The highest BCUT2D eigenvalue weighted by molar-refractivity contribution is 5.06. The van der Waals surface area contributed by atoms with Crippen molar-refractivity contribution in [2.24, 2.45) is 11.8 Å². The predicted octanol–water partition coefficient (Wildman–Crippen LogP) is 2.44. The Kier molecular flexibility index (Phi) is 5.98. The van der Waals surface area contributed by atoms with Crippen molar-refractivity contribution in [3.05, 3.63) is 37.8 Å². The topological polar surface area (TPSA) is 40.7 Å². The Morgan fingerprint density at radius 3 is 1.62 bits per heavy atom. The molecular formula is C11H18O2. The molecule has 0 aliphatic heterocycles. The molecule has 2 rings (SSSR count). The van der Waals surface area contributed by atoms with Gasteiger partial charge in [0, 0.05) is 0 Å². The summed E-state index contributed by atoms with van der Waals surface area (Å²) in [6, 6.07) is 0. The van der Waals surface area contributed by atoms with Gasteiger partial charge in [0.1, 0.15) is 0 Å². The molecule has 0 aromatic carbocycles. The van der Waals surface area contributed by atoms with E-state index in [0.717, 1.165) is 11.8 Å². The van der Waals surface area contributed by atoms with Crippen LogP contribution >= 0.6 is 0 Å². The van der Waals surface area contributed by atoms with Crippen molar-refractivity contribution in [1.82, 2.24) is 0 Å². The highest BCUT2D eigenvalue weighted by Crippen LogP contribution is 2.38.